The molecule has 0 bridgehead atoms. The summed E-state index contributed by atoms with van der Waals surface area (Å²) in [4.78, 5) is 2.63. The standard InChI is InChI=1S/C11H23N.CH4O3S/c1-3-4-5-6-8-12-9-7-11(2)10-12;1-5(2,3)4/h11H,3-10H2,1-2H3;1H3,(H,2,3,4). The largest absolute Gasteiger partial charge is 0.303 e. The first-order valence-electron chi connectivity index (χ1n) is 6.47. The van der Waals surface area contributed by atoms with Crippen LogP contribution in [0.25, 0.3) is 0 Å². The number of unbranched alkanes of at least 4 members (excludes halogenated alkanes) is 3. The predicted octanol–water partition coefficient (Wildman–Crippen LogP) is 2.41. The third-order valence-electron chi connectivity index (χ3n) is 2.84. The van der Waals surface area contributed by atoms with Gasteiger partial charge in [-0.25, -0.2) is 0 Å². The Balaban J connectivity index is 0.000000437. The molecule has 1 heterocycles. The molecule has 1 aliphatic rings. The molecule has 0 aromatic carbocycles. The Hall–Kier alpha value is -0.130. The zero-order valence-electron chi connectivity index (χ0n) is 11.4. The summed E-state index contributed by atoms with van der Waals surface area (Å²) in [5.41, 5.74) is 0. The molecule has 17 heavy (non-hydrogen) atoms. The molecule has 0 aromatic rings. The third-order valence-corrected chi connectivity index (χ3v) is 2.84. The minimum absolute atomic E-state index is 0.715. The SMILES string of the molecule is CCCCCCN1CCC(C)C1.CS(=O)(=O)O. The van der Waals surface area contributed by atoms with Crippen molar-refractivity contribution in [2.24, 2.45) is 5.92 Å². The Morgan fingerprint density at radius 2 is 1.88 bits per heavy atom. The van der Waals surface area contributed by atoms with Crippen molar-refractivity contribution in [3.8, 4) is 0 Å². The van der Waals surface area contributed by atoms with Gasteiger partial charge in [0.25, 0.3) is 10.1 Å². The maximum Gasteiger partial charge on any atom is 0.261 e. The van der Waals surface area contributed by atoms with Crippen LogP contribution < -0.4 is 0 Å². The molecule has 0 saturated carbocycles. The summed E-state index contributed by atoms with van der Waals surface area (Å²) in [6.07, 6.45) is 7.77. The van der Waals surface area contributed by atoms with Crippen molar-refractivity contribution in [1.82, 2.24) is 4.90 Å². The van der Waals surface area contributed by atoms with Gasteiger partial charge in [0.2, 0.25) is 0 Å². The molecule has 104 valence electrons. The molecule has 1 N–H and O–H groups in total. The van der Waals surface area contributed by atoms with E-state index in [-0.39, 0.29) is 0 Å². The topological polar surface area (TPSA) is 57.6 Å². The van der Waals surface area contributed by atoms with Crippen LogP contribution in [0.15, 0.2) is 0 Å². The first-order valence-corrected chi connectivity index (χ1v) is 8.32. The highest BCUT2D eigenvalue weighted by molar-refractivity contribution is 7.85. The van der Waals surface area contributed by atoms with Gasteiger partial charge < -0.3 is 4.90 Å². The van der Waals surface area contributed by atoms with E-state index in [4.69, 9.17) is 4.55 Å². The second-order valence-electron chi connectivity index (χ2n) is 4.99. The molecule has 0 aliphatic carbocycles. The molecular weight excluding hydrogens is 238 g/mol. The van der Waals surface area contributed by atoms with E-state index in [0.717, 1.165) is 5.92 Å². The van der Waals surface area contributed by atoms with Crippen LogP contribution in [0.3, 0.4) is 0 Å². The summed E-state index contributed by atoms with van der Waals surface area (Å²) in [6.45, 7) is 8.70. The van der Waals surface area contributed by atoms with Crippen LogP contribution in [0, 0.1) is 5.92 Å². The molecule has 0 spiro atoms. The summed E-state index contributed by atoms with van der Waals surface area (Å²) < 4.78 is 25.9. The van der Waals surface area contributed by atoms with Gasteiger partial charge >= 0.3 is 0 Å². The zero-order valence-corrected chi connectivity index (χ0v) is 12.2. The lowest BCUT2D eigenvalue weighted by Crippen LogP contribution is -2.21. The quantitative estimate of drug-likeness (QED) is 0.612. The van der Waals surface area contributed by atoms with Crippen molar-refractivity contribution in [3.05, 3.63) is 0 Å². The van der Waals surface area contributed by atoms with Crippen molar-refractivity contribution >= 4 is 10.1 Å². The summed E-state index contributed by atoms with van der Waals surface area (Å²) in [5.74, 6) is 0.955. The molecule has 0 amide bonds. The van der Waals surface area contributed by atoms with Crippen molar-refractivity contribution in [2.45, 2.75) is 46.0 Å². The van der Waals surface area contributed by atoms with Gasteiger partial charge in [0.05, 0.1) is 6.26 Å². The molecule has 1 aliphatic heterocycles. The Bertz CT molecular complexity index is 269. The van der Waals surface area contributed by atoms with Crippen LogP contribution in [0.2, 0.25) is 0 Å². The maximum absolute atomic E-state index is 9.19. The number of likely N-dealkylation sites (tertiary alicyclic amines) is 1. The second kappa shape index (κ2) is 8.89. The van der Waals surface area contributed by atoms with Crippen LogP contribution in [-0.4, -0.2) is 43.8 Å². The summed E-state index contributed by atoms with van der Waals surface area (Å²) in [5, 5.41) is 0. The Kier molecular flexibility index (Phi) is 8.82. The average Bonchev–Trinajstić information content (AvgIpc) is 2.56. The minimum atomic E-state index is -3.67. The fourth-order valence-corrected chi connectivity index (χ4v) is 1.99. The lowest BCUT2D eigenvalue weighted by molar-refractivity contribution is 0.318. The first kappa shape index (κ1) is 16.9. The molecule has 1 rings (SSSR count). The highest BCUT2D eigenvalue weighted by Gasteiger charge is 2.17. The van der Waals surface area contributed by atoms with Crippen LogP contribution in [-0.2, 0) is 10.1 Å². The Morgan fingerprint density at radius 3 is 2.29 bits per heavy atom. The number of nitrogens with zero attached hydrogens (tertiary/aromatic N) is 1. The van der Waals surface area contributed by atoms with E-state index in [0.29, 0.717) is 6.26 Å². The maximum atomic E-state index is 9.19. The van der Waals surface area contributed by atoms with Gasteiger partial charge in [-0.3, -0.25) is 4.55 Å². The zero-order chi connectivity index (χ0) is 13.3. The van der Waals surface area contributed by atoms with Crippen LogP contribution >= 0.6 is 0 Å². The molecule has 5 heteroatoms. The monoisotopic (exact) mass is 265 g/mol. The van der Waals surface area contributed by atoms with Crippen LogP contribution in [0.5, 0.6) is 0 Å². The van der Waals surface area contributed by atoms with E-state index in [1.54, 1.807) is 0 Å². The van der Waals surface area contributed by atoms with Crippen LogP contribution in [0.1, 0.15) is 46.0 Å². The smallest absolute Gasteiger partial charge is 0.261 e. The molecule has 4 nitrogen and oxygen atoms in total. The third kappa shape index (κ3) is 13.8. The highest BCUT2D eigenvalue weighted by atomic mass is 32.2. The highest BCUT2D eigenvalue weighted by Crippen LogP contribution is 2.15. The lowest BCUT2D eigenvalue weighted by Gasteiger charge is -2.14. The van der Waals surface area contributed by atoms with E-state index in [9.17, 15) is 8.42 Å². The fraction of sp³-hybridized carbons (Fsp3) is 1.00. The molecule has 1 atom stereocenters. The molecule has 0 radical (unpaired) electrons. The normalized spacial score (nSPS) is 21.1. The molecular formula is C12H27NO3S. The van der Waals surface area contributed by atoms with E-state index in [1.165, 1.54) is 51.7 Å². The van der Waals surface area contributed by atoms with Gasteiger partial charge in [0, 0.05) is 6.54 Å². The van der Waals surface area contributed by atoms with E-state index in [2.05, 4.69) is 18.7 Å². The minimum Gasteiger partial charge on any atom is -0.303 e. The number of hydrogen-bond donors (Lipinski definition) is 1. The summed E-state index contributed by atoms with van der Waals surface area (Å²) in [6, 6.07) is 0. The van der Waals surface area contributed by atoms with Crippen molar-refractivity contribution < 1.29 is 13.0 Å². The van der Waals surface area contributed by atoms with Crippen LogP contribution in [0.4, 0.5) is 0 Å². The number of rotatable bonds is 5. The average molecular weight is 265 g/mol. The van der Waals surface area contributed by atoms with Crippen molar-refractivity contribution in [3.63, 3.8) is 0 Å². The molecule has 1 fully saturated rings. The Labute approximate surface area is 106 Å². The second-order valence-corrected chi connectivity index (χ2v) is 6.45. The predicted molar refractivity (Wildman–Crippen MR) is 71.8 cm³/mol. The molecule has 1 saturated heterocycles. The van der Waals surface area contributed by atoms with Gasteiger partial charge in [0.15, 0.2) is 0 Å². The van der Waals surface area contributed by atoms with Gasteiger partial charge in [-0.15, -0.1) is 0 Å². The van der Waals surface area contributed by atoms with Gasteiger partial charge in [-0.2, -0.15) is 8.42 Å². The van der Waals surface area contributed by atoms with Crippen molar-refractivity contribution in [1.29, 1.82) is 0 Å². The van der Waals surface area contributed by atoms with E-state index >= 15 is 0 Å². The Morgan fingerprint density at radius 1 is 1.29 bits per heavy atom. The molecule has 0 aromatic heterocycles. The summed E-state index contributed by atoms with van der Waals surface area (Å²) >= 11 is 0. The van der Waals surface area contributed by atoms with Gasteiger partial charge in [-0.1, -0.05) is 33.1 Å². The van der Waals surface area contributed by atoms with E-state index in [1.807, 2.05) is 0 Å². The van der Waals surface area contributed by atoms with Gasteiger partial charge in [0.1, 0.15) is 0 Å². The summed E-state index contributed by atoms with van der Waals surface area (Å²) in [7, 11) is -3.67. The van der Waals surface area contributed by atoms with Crippen molar-refractivity contribution in [2.75, 3.05) is 25.9 Å². The lowest BCUT2D eigenvalue weighted by atomic mass is 10.2. The molecule has 1 unspecified atom stereocenters. The first-order chi connectivity index (χ1) is 7.83. The number of hydrogen-bond acceptors (Lipinski definition) is 3. The van der Waals surface area contributed by atoms with Gasteiger partial charge in [-0.05, 0) is 31.8 Å². The fourth-order valence-electron chi connectivity index (χ4n) is 1.99. The van der Waals surface area contributed by atoms with E-state index < -0.39 is 10.1 Å².